The number of hydrogen-bond donors (Lipinski definition) is 2. The smallest absolute Gasteiger partial charge is 0.0574 e. The number of benzene rings is 1. The first-order chi connectivity index (χ1) is 10.7. The lowest BCUT2D eigenvalue weighted by molar-refractivity contribution is 0.145. The van der Waals surface area contributed by atoms with Crippen LogP contribution >= 0.6 is 0 Å². The third-order valence-electron chi connectivity index (χ3n) is 5.27. The van der Waals surface area contributed by atoms with E-state index in [-0.39, 0.29) is 6.10 Å². The first-order valence-corrected chi connectivity index (χ1v) is 8.96. The lowest BCUT2D eigenvalue weighted by Crippen LogP contribution is -2.35. The van der Waals surface area contributed by atoms with Crippen LogP contribution in [0.3, 0.4) is 0 Å². The van der Waals surface area contributed by atoms with Crippen molar-refractivity contribution in [2.45, 2.75) is 64.1 Å². The summed E-state index contributed by atoms with van der Waals surface area (Å²) in [6, 6.07) is 10.2. The Hall–Kier alpha value is -1.06. The van der Waals surface area contributed by atoms with Gasteiger partial charge in [-0.3, -0.25) is 0 Å². The van der Waals surface area contributed by atoms with Crippen LogP contribution in [0.4, 0.5) is 5.69 Å². The van der Waals surface area contributed by atoms with Crippen molar-refractivity contribution in [3.8, 4) is 0 Å². The van der Waals surface area contributed by atoms with Crippen molar-refractivity contribution in [1.82, 2.24) is 5.32 Å². The number of nitrogens with one attached hydrogen (secondary N) is 1. The van der Waals surface area contributed by atoms with Gasteiger partial charge in [-0.15, -0.1) is 0 Å². The van der Waals surface area contributed by atoms with Crippen LogP contribution in [0, 0.1) is 5.92 Å². The van der Waals surface area contributed by atoms with Gasteiger partial charge in [0.2, 0.25) is 0 Å². The van der Waals surface area contributed by atoms with Gasteiger partial charge in [-0.1, -0.05) is 25.5 Å². The first kappa shape index (κ1) is 15.8. The number of anilines is 1. The van der Waals surface area contributed by atoms with E-state index in [1.807, 2.05) is 0 Å². The first-order valence-electron chi connectivity index (χ1n) is 8.96. The van der Waals surface area contributed by atoms with E-state index in [0.29, 0.717) is 6.04 Å². The van der Waals surface area contributed by atoms with Gasteiger partial charge in [0.05, 0.1) is 6.10 Å². The molecule has 2 aliphatic rings. The van der Waals surface area contributed by atoms with E-state index < -0.39 is 0 Å². The molecule has 3 unspecified atom stereocenters. The van der Waals surface area contributed by atoms with E-state index in [1.54, 1.807) is 0 Å². The third kappa shape index (κ3) is 3.82. The second-order valence-corrected chi connectivity index (χ2v) is 7.09. The molecule has 0 radical (unpaired) electrons. The number of aliphatic hydroxyl groups excluding tert-OH is 1. The van der Waals surface area contributed by atoms with Crippen LogP contribution in [0.15, 0.2) is 24.3 Å². The third-order valence-corrected chi connectivity index (χ3v) is 5.27. The maximum atomic E-state index is 9.61. The highest BCUT2D eigenvalue weighted by Gasteiger charge is 2.36. The minimum absolute atomic E-state index is 0.102. The molecule has 1 aliphatic heterocycles. The van der Waals surface area contributed by atoms with Gasteiger partial charge < -0.3 is 15.3 Å². The zero-order valence-electron chi connectivity index (χ0n) is 14.0. The molecule has 1 aromatic rings. The highest BCUT2D eigenvalue weighted by molar-refractivity contribution is 5.48. The molecule has 2 fully saturated rings. The summed E-state index contributed by atoms with van der Waals surface area (Å²) in [6.07, 6.45) is 5.70. The molecule has 22 heavy (non-hydrogen) atoms. The summed E-state index contributed by atoms with van der Waals surface area (Å²) in [6.45, 7) is 6.48. The van der Waals surface area contributed by atoms with Gasteiger partial charge in [0.15, 0.2) is 0 Å². The van der Waals surface area contributed by atoms with Crippen molar-refractivity contribution in [3.05, 3.63) is 29.8 Å². The van der Waals surface area contributed by atoms with E-state index in [0.717, 1.165) is 37.9 Å². The predicted molar refractivity (Wildman–Crippen MR) is 92.2 cm³/mol. The monoisotopic (exact) mass is 302 g/mol. The summed E-state index contributed by atoms with van der Waals surface area (Å²) in [5.74, 6) is 0.909. The molecule has 1 aliphatic carbocycles. The molecule has 122 valence electrons. The van der Waals surface area contributed by atoms with Crippen LogP contribution in [0.1, 0.15) is 57.6 Å². The standard InChI is InChI=1S/C19H30N2O/c1-3-4-16-13-19(16)20-14(2)15-5-7-17(8-6-15)21-11-9-18(22)10-12-21/h5-8,14,16,18-20,22H,3-4,9-13H2,1-2H3. The SMILES string of the molecule is CCCC1CC1NC(C)c1ccc(N2CCC(O)CC2)cc1. The van der Waals surface area contributed by atoms with Gasteiger partial charge in [0, 0.05) is 30.9 Å². The summed E-state index contributed by atoms with van der Waals surface area (Å²) in [7, 11) is 0. The summed E-state index contributed by atoms with van der Waals surface area (Å²) < 4.78 is 0. The van der Waals surface area contributed by atoms with Crippen LogP contribution in [-0.4, -0.2) is 30.3 Å². The number of nitrogens with zero attached hydrogens (tertiary/aromatic N) is 1. The number of rotatable bonds is 6. The molecule has 1 saturated carbocycles. The molecule has 0 aromatic heterocycles. The maximum Gasteiger partial charge on any atom is 0.0574 e. The topological polar surface area (TPSA) is 35.5 Å². The Morgan fingerprint density at radius 3 is 2.55 bits per heavy atom. The summed E-state index contributed by atoms with van der Waals surface area (Å²) >= 11 is 0. The summed E-state index contributed by atoms with van der Waals surface area (Å²) in [4.78, 5) is 2.38. The Kier molecular flexibility index (Phi) is 5.04. The zero-order valence-corrected chi connectivity index (χ0v) is 14.0. The molecule has 1 heterocycles. The fourth-order valence-electron chi connectivity index (χ4n) is 3.66. The fourth-order valence-corrected chi connectivity index (χ4v) is 3.66. The van der Waals surface area contributed by atoms with E-state index in [2.05, 4.69) is 48.3 Å². The fraction of sp³-hybridized carbons (Fsp3) is 0.684. The van der Waals surface area contributed by atoms with Crippen LogP contribution in [0.2, 0.25) is 0 Å². The van der Waals surface area contributed by atoms with Crippen molar-refractivity contribution >= 4 is 5.69 Å². The summed E-state index contributed by atoms with van der Waals surface area (Å²) in [5.41, 5.74) is 2.67. The van der Waals surface area contributed by atoms with E-state index in [9.17, 15) is 5.11 Å². The van der Waals surface area contributed by atoms with Crippen molar-refractivity contribution in [2.75, 3.05) is 18.0 Å². The van der Waals surface area contributed by atoms with Gasteiger partial charge in [0.1, 0.15) is 0 Å². The van der Waals surface area contributed by atoms with Crippen molar-refractivity contribution in [3.63, 3.8) is 0 Å². The molecule has 1 saturated heterocycles. The van der Waals surface area contributed by atoms with Gasteiger partial charge >= 0.3 is 0 Å². The Morgan fingerprint density at radius 2 is 1.91 bits per heavy atom. The lowest BCUT2D eigenvalue weighted by atomic mass is 10.0. The number of aliphatic hydroxyl groups is 1. The van der Waals surface area contributed by atoms with E-state index in [1.165, 1.54) is 30.5 Å². The highest BCUT2D eigenvalue weighted by Crippen LogP contribution is 2.36. The molecule has 0 bridgehead atoms. The van der Waals surface area contributed by atoms with Crippen LogP contribution in [-0.2, 0) is 0 Å². The molecular weight excluding hydrogens is 272 g/mol. The molecule has 3 rings (SSSR count). The molecule has 3 heteroatoms. The highest BCUT2D eigenvalue weighted by atomic mass is 16.3. The maximum absolute atomic E-state index is 9.61. The van der Waals surface area contributed by atoms with Gasteiger partial charge in [-0.2, -0.15) is 0 Å². The second kappa shape index (κ2) is 7.01. The van der Waals surface area contributed by atoms with Gasteiger partial charge in [0.25, 0.3) is 0 Å². The van der Waals surface area contributed by atoms with E-state index >= 15 is 0 Å². The average Bonchev–Trinajstić information content (AvgIpc) is 3.26. The van der Waals surface area contributed by atoms with Crippen LogP contribution in [0.5, 0.6) is 0 Å². The Morgan fingerprint density at radius 1 is 1.23 bits per heavy atom. The van der Waals surface area contributed by atoms with Crippen LogP contribution < -0.4 is 10.2 Å². The molecule has 1 aromatic carbocycles. The lowest BCUT2D eigenvalue weighted by Gasteiger charge is -2.31. The normalized spacial score (nSPS) is 27.0. The Labute approximate surface area is 134 Å². The molecule has 0 amide bonds. The molecule has 2 N–H and O–H groups in total. The Balaban J connectivity index is 1.53. The van der Waals surface area contributed by atoms with Crippen LogP contribution in [0.25, 0.3) is 0 Å². The van der Waals surface area contributed by atoms with Gasteiger partial charge in [-0.25, -0.2) is 0 Å². The minimum Gasteiger partial charge on any atom is -0.393 e. The quantitative estimate of drug-likeness (QED) is 0.844. The van der Waals surface area contributed by atoms with Gasteiger partial charge in [-0.05, 0) is 56.2 Å². The second-order valence-electron chi connectivity index (χ2n) is 7.09. The van der Waals surface area contributed by atoms with E-state index in [4.69, 9.17) is 0 Å². The molecule has 0 spiro atoms. The average molecular weight is 302 g/mol. The largest absolute Gasteiger partial charge is 0.393 e. The predicted octanol–water partition coefficient (Wildman–Crippen LogP) is 3.49. The molecule has 3 atom stereocenters. The van der Waals surface area contributed by atoms with Crippen molar-refractivity contribution in [1.29, 1.82) is 0 Å². The number of piperidine rings is 1. The number of hydrogen-bond acceptors (Lipinski definition) is 3. The molecular formula is C19H30N2O. The minimum atomic E-state index is -0.102. The Bertz CT molecular complexity index is 465. The molecule has 3 nitrogen and oxygen atoms in total. The summed E-state index contributed by atoms with van der Waals surface area (Å²) in [5, 5.41) is 13.4. The van der Waals surface area contributed by atoms with Crippen molar-refractivity contribution < 1.29 is 5.11 Å². The van der Waals surface area contributed by atoms with Crippen molar-refractivity contribution in [2.24, 2.45) is 5.92 Å². The zero-order chi connectivity index (χ0) is 15.5.